The fraction of sp³-hybridized carbons (Fsp3) is 0.128. The van der Waals surface area contributed by atoms with Crippen molar-refractivity contribution >= 4 is 35.4 Å². The van der Waals surface area contributed by atoms with Crippen LogP contribution in [0.3, 0.4) is 0 Å². The topological polar surface area (TPSA) is 175 Å². The highest BCUT2D eigenvalue weighted by atomic mass is 35.5. The zero-order chi connectivity index (χ0) is 37.8. The van der Waals surface area contributed by atoms with E-state index in [1.807, 2.05) is 0 Å². The van der Waals surface area contributed by atoms with Gasteiger partial charge in [0.05, 0.1) is 16.7 Å². The molecule has 0 unspecified atom stereocenters. The van der Waals surface area contributed by atoms with Gasteiger partial charge in [0.15, 0.2) is 12.0 Å². The van der Waals surface area contributed by atoms with Crippen LogP contribution in [0.15, 0.2) is 137 Å². The number of carbonyl (C=O) groups is 4. The number of terminal acetylenes is 1. The van der Waals surface area contributed by atoms with E-state index in [0.29, 0.717) is 9.13 Å². The Bertz CT molecular complexity index is 2360. The number of rotatable bonds is 9. The summed E-state index contributed by atoms with van der Waals surface area (Å²) < 4.78 is 24.6. The third kappa shape index (κ3) is 7.15. The van der Waals surface area contributed by atoms with Crippen molar-refractivity contribution in [3.8, 4) is 12.3 Å². The lowest BCUT2D eigenvalue weighted by molar-refractivity contribution is -0.130. The third-order valence-corrected chi connectivity index (χ3v) is 8.47. The van der Waals surface area contributed by atoms with E-state index < -0.39 is 65.3 Å². The van der Waals surface area contributed by atoms with Gasteiger partial charge in [0, 0.05) is 22.8 Å². The van der Waals surface area contributed by atoms with E-state index in [0.717, 1.165) is 12.3 Å². The molecule has 14 heteroatoms. The number of halogens is 1. The van der Waals surface area contributed by atoms with E-state index in [4.69, 9.17) is 42.7 Å². The molecule has 13 nitrogen and oxygen atoms in total. The summed E-state index contributed by atoms with van der Waals surface area (Å²) in [5.41, 5.74) is -0.538. The molecule has 0 spiro atoms. The van der Waals surface area contributed by atoms with Crippen LogP contribution < -0.4 is 17.0 Å². The summed E-state index contributed by atoms with van der Waals surface area (Å²) in [5, 5.41) is 0.229. The van der Waals surface area contributed by atoms with Gasteiger partial charge in [0.25, 0.3) is 17.1 Å². The first-order valence-electron chi connectivity index (χ1n) is 15.8. The second kappa shape index (κ2) is 14.9. The van der Waals surface area contributed by atoms with Crippen molar-refractivity contribution in [2.75, 3.05) is 6.61 Å². The van der Waals surface area contributed by atoms with Gasteiger partial charge in [-0.2, -0.15) is 4.57 Å². The highest BCUT2D eigenvalue weighted by Gasteiger charge is 2.69. The SMILES string of the molecule is C#C[C@]1(OC(=O)c2ccccc2)[C@H](n2ccc(=O)n(C(=O)c3ccccc3)c2=O)O[C@](N)(COC(=O)c2cccc(Cl)c2)[C@H]1OC(=O)c1ccccc1. The maximum Gasteiger partial charge on any atom is 0.340 e. The summed E-state index contributed by atoms with van der Waals surface area (Å²) in [6.45, 7) is -0.898. The van der Waals surface area contributed by atoms with Crippen LogP contribution in [-0.2, 0) is 18.9 Å². The number of benzene rings is 4. The summed E-state index contributed by atoms with van der Waals surface area (Å²) in [6, 6.07) is 29.3. The van der Waals surface area contributed by atoms with Crippen LogP contribution >= 0.6 is 11.6 Å². The Hall–Kier alpha value is -6.59. The quantitative estimate of drug-likeness (QED) is 0.132. The average Bonchev–Trinajstić information content (AvgIpc) is 3.41. The van der Waals surface area contributed by atoms with E-state index in [9.17, 15) is 28.8 Å². The van der Waals surface area contributed by atoms with Crippen molar-refractivity contribution in [1.29, 1.82) is 0 Å². The van der Waals surface area contributed by atoms with E-state index >= 15 is 0 Å². The number of aromatic nitrogens is 2. The monoisotopic (exact) mass is 733 g/mol. The summed E-state index contributed by atoms with van der Waals surface area (Å²) in [6.07, 6.45) is 3.08. The van der Waals surface area contributed by atoms with Crippen LogP contribution in [0.4, 0.5) is 0 Å². The Balaban J connectivity index is 1.52. The van der Waals surface area contributed by atoms with Crippen molar-refractivity contribution < 1.29 is 38.1 Å². The molecule has 0 radical (unpaired) electrons. The standard InChI is InChI=1S/C39H28ClN3O10/c1-2-38(52-34(48)27-17-10-5-11-18-27)35(51-33(47)26-15-8-4-9-16-26)39(41,24-50-32(46)28-19-12-20-29(40)23-28)53-36(38)42-22-21-30(44)43(37(42)49)31(45)25-13-6-3-7-14-25/h1,3-23,35-36H,24,41H2/t35-,36+,38+,39+/m0/s1. The van der Waals surface area contributed by atoms with Gasteiger partial charge in [-0.3, -0.25) is 19.9 Å². The van der Waals surface area contributed by atoms with E-state index in [2.05, 4.69) is 5.92 Å². The zero-order valence-electron chi connectivity index (χ0n) is 27.5. The fourth-order valence-electron chi connectivity index (χ4n) is 5.67. The molecule has 0 aliphatic carbocycles. The predicted octanol–water partition coefficient (Wildman–Crippen LogP) is 3.85. The zero-order valence-corrected chi connectivity index (χ0v) is 28.3. The number of ether oxygens (including phenoxy) is 4. The molecule has 2 N–H and O–H groups in total. The molecule has 1 fully saturated rings. The Morgan fingerprint density at radius 3 is 1.92 bits per heavy atom. The minimum atomic E-state index is -2.63. The van der Waals surface area contributed by atoms with Crippen molar-refractivity contribution in [3.05, 3.63) is 176 Å². The normalized spacial score (nSPS) is 20.5. The van der Waals surface area contributed by atoms with Gasteiger partial charge in [-0.25, -0.2) is 19.2 Å². The number of hydrogen-bond acceptors (Lipinski definition) is 11. The maximum atomic E-state index is 14.2. The summed E-state index contributed by atoms with van der Waals surface area (Å²) in [5.74, 6) is -1.67. The summed E-state index contributed by atoms with van der Waals surface area (Å²) in [4.78, 5) is 81.4. The first-order valence-corrected chi connectivity index (χ1v) is 16.2. The van der Waals surface area contributed by atoms with Crippen molar-refractivity contribution in [2.45, 2.75) is 23.7 Å². The van der Waals surface area contributed by atoms with Gasteiger partial charge < -0.3 is 18.9 Å². The van der Waals surface area contributed by atoms with E-state index in [1.54, 1.807) is 42.5 Å². The van der Waals surface area contributed by atoms with Crippen LogP contribution in [0, 0.1) is 12.3 Å². The van der Waals surface area contributed by atoms with E-state index in [-0.39, 0.29) is 27.3 Å². The Labute approximate surface area is 306 Å². The van der Waals surface area contributed by atoms with Gasteiger partial charge in [-0.1, -0.05) is 72.3 Å². The fourth-order valence-corrected chi connectivity index (χ4v) is 5.86. The molecule has 1 saturated heterocycles. The van der Waals surface area contributed by atoms with Crippen LogP contribution in [0.25, 0.3) is 0 Å². The first kappa shape index (κ1) is 36.2. The first-order chi connectivity index (χ1) is 25.5. The molecule has 4 atom stereocenters. The number of carbonyl (C=O) groups excluding carboxylic acids is 4. The Morgan fingerprint density at radius 2 is 1.34 bits per heavy atom. The molecular weight excluding hydrogens is 706 g/mol. The molecule has 2 heterocycles. The molecule has 0 bridgehead atoms. The lowest BCUT2D eigenvalue weighted by Crippen LogP contribution is -2.61. The van der Waals surface area contributed by atoms with Crippen molar-refractivity contribution in [3.63, 3.8) is 0 Å². The largest absolute Gasteiger partial charge is 0.457 e. The molecule has 0 amide bonds. The smallest absolute Gasteiger partial charge is 0.340 e. The van der Waals surface area contributed by atoms with Crippen LogP contribution in [0.5, 0.6) is 0 Å². The maximum absolute atomic E-state index is 14.2. The molecule has 53 heavy (non-hydrogen) atoms. The Kier molecular flexibility index (Phi) is 10.2. The van der Waals surface area contributed by atoms with Crippen LogP contribution in [-0.4, -0.2) is 57.0 Å². The second-order valence-electron chi connectivity index (χ2n) is 11.7. The van der Waals surface area contributed by atoms with Crippen LogP contribution in [0.1, 0.15) is 47.7 Å². The molecule has 4 aromatic carbocycles. The highest BCUT2D eigenvalue weighted by molar-refractivity contribution is 6.30. The minimum Gasteiger partial charge on any atom is -0.457 e. The molecule has 0 saturated carbocycles. The van der Waals surface area contributed by atoms with Crippen molar-refractivity contribution in [2.24, 2.45) is 5.73 Å². The molecule has 6 rings (SSSR count). The van der Waals surface area contributed by atoms with Gasteiger partial charge >= 0.3 is 23.6 Å². The van der Waals surface area contributed by atoms with Crippen LogP contribution in [0.2, 0.25) is 5.02 Å². The number of nitrogens with zero attached hydrogens (tertiary/aromatic N) is 2. The summed E-state index contributed by atoms with van der Waals surface area (Å²) >= 11 is 6.06. The van der Waals surface area contributed by atoms with Gasteiger partial charge in [0.1, 0.15) is 6.61 Å². The highest BCUT2D eigenvalue weighted by Crippen LogP contribution is 2.46. The van der Waals surface area contributed by atoms with Crippen molar-refractivity contribution in [1.82, 2.24) is 9.13 Å². The molecule has 266 valence electrons. The molecular formula is C39H28ClN3O10. The van der Waals surface area contributed by atoms with E-state index in [1.165, 1.54) is 72.8 Å². The molecule has 5 aromatic rings. The van der Waals surface area contributed by atoms with Gasteiger partial charge in [-0.15, -0.1) is 6.42 Å². The van der Waals surface area contributed by atoms with Gasteiger partial charge in [0.2, 0.25) is 6.10 Å². The third-order valence-electron chi connectivity index (χ3n) is 8.24. The number of esters is 3. The summed E-state index contributed by atoms with van der Waals surface area (Å²) in [7, 11) is 0. The minimum absolute atomic E-state index is 0.00695. The van der Waals surface area contributed by atoms with Gasteiger partial charge in [-0.05, 0) is 60.5 Å². The predicted molar refractivity (Wildman–Crippen MR) is 189 cm³/mol. The number of hydrogen-bond donors (Lipinski definition) is 1. The second-order valence-corrected chi connectivity index (χ2v) is 12.1. The molecule has 1 aliphatic heterocycles. The lowest BCUT2D eigenvalue weighted by Gasteiger charge is -2.35. The Morgan fingerprint density at radius 1 is 0.774 bits per heavy atom. The molecule has 1 aliphatic rings. The average molecular weight is 734 g/mol. The lowest BCUT2D eigenvalue weighted by atomic mass is 9.90. The number of nitrogens with two attached hydrogens (primary N) is 1. The molecule has 1 aromatic heterocycles.